The van der Waals surface area contributed by atoms with Crippen LogP contribution in [-0.4, -0.2) is 23.9 Å². The lowest BCUT2D eigenvalue weighted by Crippen LogP contribution is -2.49. The van der Waals surface area contributed by atoms with Crippen LogP contribution in [0.4, 0.5) is 4.39 Å². The standard InChI is InChI=1S/C13H17FO2/c1-9-3-4-11(14)5-10(9)6-13(15)7-12(8-13)16-2/h3-5,12,15H,6-8H2,1-2H3. The average Bonchev–Trinajstić information content (AvgIpc) is 2.19. The molecule has 3 heteroatoms. The fourth-order valence-corrected chi connectivity index (χ4v) is 2.28. The summed E-state index contributed by atoms with van der Waals surface area (Å²) in [6.07, 6.45) is 1.94. The zero-order valence-electron chi connectivity index (χ0n) is 9.66. The fourth-order valence-electron chi connectivity index (χ4n) is 2.28. The van der Waals surface area contributed by atoms with Crippen LogP contribution in [0.2, 0.25) is 0 Å². The maximum atomic E-state index is 13.1. The van der Waals surface area contributed by atoms with E-state index in [1.165, 1.54) is 12.1 Å². The van der Waals surface area contributed by atoms with Gasteiger partial charge in [0.1, 0.15) is 5.82 Å². The molecule has 0 atom stereocenters. The lowest BCUT2D eigenvalue weighted by molar-refractivity contribution is -0.126. The van der Waals surface area contributed by atoms with E-state index in [-0.39, 0.29) is 11.9 Å². The Hall–Kier alpha value is -0.930. The van der Waals surface area contributed by atoms with Crippen molar-refractivity contribution < 1.29 is 14.2 Å². The van der Waals surface area contributed by atoms with Gasteiger partial charge >= 0.3 is 0 Å². The molecule has 1 N–H and O–H groups in total. The molecule has 1 aliphatic rings. The molecule has 0 radical (unpaired) electrons. The van der Waals surface area contributed by atoms with Crippen LogP contribution in [0.1, 0.15) is 24.0 Å². The Morgan fingerprint density at radius 3 is 2.81 bits per heavy atom. The number of halogens is 1. The molecule has 2 rings (SSSR count). The summed E-state index contributed by atoms with van der Waals surface area (Å²) in [4.78, 5) is 0. The predicted molar refractivity (Wildman–Crippen MR) is 59.8 cm³/mol. The second-order valence-corrected chi connectivity index (χ2v) is 4.74. The minimum Gasteiger partial charge on any atom is -0.389 e. The molecule has 16 heavy (non-hydrogen) atoms. The van der Waals surface area contributed by atoms with Crippen molar-refractivity contribution in [2.75, 3.05) is 7.11 Å². The van der Waals surface area contributed by atoms with Crippen LogP contribution in [-0.2, 0) is 11.2 Å². The summed E-state index contributed by atoms with van der Waals surface area (Å²) in [5, 5.41) is 10.2. The third-order valence-corrected chi connectivity index (χ3v) is 3.38. The van der Waals surface area contributed by atoms with Crippen LogP contribution in [0, 0.1) is 12.7 Å². The van der Waals surface area contributed by atoms with Crippen molar-refractivity contribution in [2.24, 2.45) is 0 Å². The quantitative estimate of drug-likeness (QED) is 0.853. The highest BCUT2D eigenvalue weighted by Gasteiger charge is 2.42. The molecule has 1 aromatic carbocycles. The van der Waals surface area contributed by atoms with E-state index in [4.69, 9.17) is 4.74 Å². The van der Waals surface area contributed by atoms with Crippen molar-refractivity contribution in [3.63, 3.8) is 0 Å². The SMILES string of the molecule is COC1CC(O)(Cc2cc(F)ccc2C)C1. The van der Waals surface area contributed by atoms with E-state index in [1.54, 1.807) is 13.2 Å². The Kier molecular flexibility index (Phi) is 3.00. The predicted octanol–water partition coefficient (Wildman–Crippen LogP) is 2.22. The van der Waals surface area contributed by atoms with Gasteiger partial charge < -0.3 is 9.84 Å². The van der Waals surface area contributed by atoms with Crippen molar-refractivity contribution in [2.45, 2.75) is 37.9 Å². The van der Waals surface area contributed by atoms with Crippen molar-refractivity contribution in [1.29, 1.82) is 0 Å². The first-order valence-corrected chi connectivity index (χ1v) is 5.53. The molecule has 1 saturated carbocycles. The first kappa shape index (κ1) is 11.6. The molecular formula is C13H17FO2. The lowest BCUT2D eigenvalue weighted by atomic mass is 9.73. The van der Waals surface area contributed by atoms with E-state index in [0.29, 0.717) is 19.3 Å². The highest BCUT2D eigenvalue weighted by Crippen LogP contribution is 2.37. The Labute approximate surface area is 95.1 Å². The van der Waals surface area contributed by atoms with Crippen LogP contribution in [0.5, 0.6) is 0 Å². The zero-order chi connectivity index (χ0) is 11.8. The smallest absolute Gasteiger partial charge is 0.123 e. The van der Waals surface area contributed by atoms with Gasteiger partial charge in [0.25, 0.3) is 0 Å². The van der Waals surface area contributed by atoms with Gasteiger partial charge in [-0.1, -0.05) is 6.07 Å². The molecule has 0 aromatic heterocycles. The van der Waals surface area contributed by atoms with Gasteiger partial charge in [0.2, 0.25) is 0 Å². The summed E-state index contributed by atoms with van der Waals surface area (Å²) in [7, 11) is 1.65. The largest absolute Gasteiger partial charge is 0.389 e. The van der Waals surface area contributed by atoms with E-state index in [0.717, 1.165) is 11.1 Å². The molecule has 0 heterocycles. The third kappa shape index (κ3) is 2.25. The van der Waals surface area contributed by atoms with E-state index >= 15 is 0 Å². The molecular weight excluding hydrogens is 207 g/mol. The van der Waals surface area contributed by atoms with Crippen LogP contribution in [0.15, 0.2) is 18.2 Å². The maximum Gasteiger partial charge on any atom is 0.123 e. The molecule has 0 bridgehead atoms. The Morgan fingerprint density at radius 1 is 1.50 bits per heavy atom. The molecule has 1 fully saturated rings. The molecule has 0 amide bonds. The Bertz CT molecular complexity index is 384. The maximum absolute atomic E-state index is 13.1. The highest BCUT2D eigenvalue weighted by atomic mass is 19.1. The number of ether oxygens (including phenoxy) is 1. The van der Waals surface area contributed by atoms with Crippen molar-refractivity contribution in [1.82, 2.24) is 0 Å². The Morgan fingerprint density at radius 2 is 2.19 bits per heavy atom. The van der Waals surface area contributed by atoms with Gasteiger partial charge in [0.15, 0.2) is 0 Å². The molecule has 0 aliphatic heterocycles. The van der Waals surface area contributed by atoms with Crippen LogP contribution >= 0.6 is 0 Å². The minimum atomic E-state index is -0.709. The normalized spacial score (nSPS) is 28.9. The van der Waals surface area contributed by atoms with Gasteiger partial charge in [-0.25, -0.2) is 4.39 Å². The van der Waals surface area contributed by atoms with E-state index in [9.17, 15) is 9.50 Å². The summed E-state index contributed by atoms with van der Waals surface area (Å²) < 4.78 is 18.2. The number of rotatable bonds is 3. The molecule has 88 valence electrons. The summed E-state index contributed by atoms with van der Waals surface area (Å²) in [6.45, 7) is 1.94. The van der Waals surface area contributed by atoms with Crippen molar-refractivity contribution in [3.8, 4) is 0 Å². The van der Waals surface area contributed by atoms with Gasteiger partial charge in [0, 0.05) is 26.4 Å². The summed E-state index contributed by atoms with van der Waals surface area (Å²) >= 11 is 0. The van der Waals surface area contributed by atoms with Crippen molar-refractivity contribution >= 4 is 0 Å². The van der Waals surface area contributed by atoms with Crippen LogP contribution in [0.3, 0.4) is 0 Å². The van der Waals surface area contributed by atoms with E-state index in [1.807, 2.05) is 6.92 Å². The summed E-state index contributed by atoms with van der Waals surface area (Å²) in [5.41, 5.74) is 1.20. The van der Waals surface area contributed by atoms with Gasteiger partial charge in [-0.2, -0.15) is 0 Å². The number of methoxy groups -OCH3 is 1. The molecule has 0 unspecified atom stereocenters. The number of hydrogen-bond donors (Lipinski definition) is 1. The zero-order valence-corrected chi connectivity index (χ0v) is 9.66. The minimum absolute atomic E-state index is 0.152. The second-order valence-electron chi connectivity index (χ2n) is 4.74. The van der Waals surface area contributed by atoms with Crippen LogP contribution in [0.25, 0.3) is 0 Å². The fraction of sp³-hybridized carbons (Fsp3) is 0.538. The molecule has 1 aromatic rings. The highest BCUT2D eigenvalue weighted by molar-refractivity contribution is 5.28. The monoisotopic (exact) mass is 224 g/mol. The van der Waals surface area contributed by atoms with Crippen LogP contribution < -0.4 is 0 Å². The first-order valence-electron chi connectivity index (χ1n) is 5.53. The van der Waals surface area contributed by atoms with E-state index in [2.05, 4.69) is 0 Å². The van der Waals surface area contributed by atoms with Gasteiger partial charge in [0.05, 0.1) is 11.7 Å². The molecule has 0 saturated heterocycles. The Balaban J connectivity index is 2.07. The second kappa shape index (κ2) is 4.15. The molecule has 2 nitrogen and oxygen atoms in total. The van der Waals surface area contributed by atoms with E-state index < -0.39 is 5.60 Å². The topological polar surface area (TPSA) is 29.5 Å². The number of benzene rings is 1. The summed E-state index contributed by atoms with van der Waals surface area (Å²) in [5.74, 6) is -0.244. The van der Waals surface area contributed by atoms with Gasteiger partial charge in [-0.15, -0.1) is 0 Å². The van der Waals surface area contributed by atoms with Gasteiger partial charge in [-0.05, 0) is 30.2 Å². The number of aliphatic hydroxyl groups is 1. The number of aryl methyl sites for hydroxylation is 1. The third-order valence-electron chi connectivity index (χ3n) is 3.38. The average molecular weight is 224 g/mol. The van der Waals surface area contributed by atoms with Crippen molar-refractivity contribution in [3.05, 3.63) is 35.1 Å². The first-order chi connectivity index (χ1) is 7.52. The molecule has 0 spiro atoms. The lowest BCUT2D eigenvalue weighted by Gasteiger charge is -2.43. The number of hydrogen-bond acceptors (Lipinski definition) is 2. The van der Waals surface area contributed by atoms with Gasteiger partial charge in [-0.3, -0.25) is 0 Å². The molecule has 1 aliphatic carbocycles. The summed E-state index contributed by atoms with van der Waals surface area (Å²) in [6, 6.07) is 4.70.